The van der Waals surface area contributed by atoms with Crippen molar-refractivity contribution in [2.45, 2.75) is 19.4 Å². The normalized spacial score (nSPS) is 11.8. The lowest BCUT2D eigenvalue weighted by molar-refractivity contribution is 0.0786. The van der Waals surface area contributed by atoms with E-state index in [-0.39, 0.29) is 0 Å². The highest BCUT2D eigenvalue weighted by Crippen LogP contribution is 2.28. The maximum atomic E-state index is 9.63. The molecule has 0 amide bonds. The van der Waals surface area contributed by atoms with Crippen LogP contribution in [0.5, 0.6) is 0 Å². The van der Waals surface area contributed by atoms with Gasteiger partial charge in [0.15, 0.2) is 0 Å². The molecule has 12 heavy (non-hydrogen) atoms. The highest BCUT2D eigenvalue weighted by Gasteiger charge is 2.16. The van der Waals surface area contributed by atoms with Crippen LogP contribution in [0.25, 0.3) is 0 Å². The van der Waals surface area contributed by atoms with E-state index in [0.717, 1.165) is 10.0 Å². The summed E-state index contributed by atoms with van der Waals surface area (Å²) in [7, 11) is 0. The Morgan fingerprint density at radius 2 is 2.00 bits per heavy atom. The average Bonchev–Trinajstić information content (AvgIpc) is 1.92. The molecule has 0 fully saturated rings. The Bertz CT molecular complexity index is 291. The first-order valence-electron chi connectivity index (χ1n) is 3.59. The van der Waals surface area contributed by atoms with E-state index in [0.29, 0.717) is 5.02 Å². The van der Waals surface area contributed by atoms with Gasteiger partial charge in [0.1, 0.15) is 0 Å². The van der Waals surface area contributed by atoms with Crippen LogP contribution in [0.2, 0.25) is 5.02 Å². The predicted molar refractivity (Wildman–Crippen MR) is 54.4 cm³/mol. The van der Waals surface area contributed by atoms with Crippen molar-refractivity contribution in [1.29, 1.82) is 0 Å². The summed E-state index contributed by atoms with van der Waals surface area (Å²) in [5.74, 6) is 0. The van der Waals surface area contributed by atoms with E-state index in [1.165, 1.54) is 0 Å². The summed E-state index contributed by atoms with van der Waals surface area (Å²) in [5, 5.41) is 10.3. The zero-order valence-electron chi connectivity index (χ0n) is 6.94. The fraction of sp³-hybridized carbons (Fsp3) is 0.333. The Labute approximate surface area is 85.5 Å². The molecule has 0 saturated carbocycles. The standard InChI is InChI=1S/C9H10BrClO/c1-9(2,12)6-3-4-7(10)8(11)5-6/h3-5,12H,1-2H3. The largest absolute Gasteiger partial charge is 0.386 e. The molecule has 0 unspecified atom stereocenters. The van der Waals surface area contributed by atoms with Crippen molar-refractivity contribution in [1.82, 2.24) is 0 Å². The second-order valence-corrected chi connectivity index (χ2v) is 4.45. The maximum Gasteiger partial charge on any atom is 0.0841 e. The van der Waals surface area contributed by atoms with Crippen LogP contribution in [-0.2, 0) is 5.60 Å². The van der Waals surface area contributed by atoms with Crippen molar-refractivity contribution < 1.29 is 5.11 Å². The van der Waals surface area contributed by atoms with Gasteiger partial charge < -0.3 is 5.11 Å². The first-order valence-corrected chi connectivity index (χ1v) is 4.76. The van der Waals surface area contributed by atoms with Gasteiger partial charge in [-0.3, -0.25) is 0 Å². The van der Waals surface area contributed by atoms with Crippen molar-refractivity contribution in [3.05, 3.63) is 33.3 Å². The van der Waals surface area contributed by atoms with Gasteiger partial charge in [0.05, 0.1) is 10.6 Å². The molecular weight excluding hydrogens is 239 g/mol. The minimum absolute atomic E-state index is 0.620. The molecule has 0 bridgehead atoms. The summed E-state index contributed by atoms with van der Waals surface area (Å²) in [4.78, 5) is 0. The van der Waals surface area contributed by atoms with Crippen molar-refractivity contribution in [3.63, 3.8) is 0 Å². The zero-order chi connectivity index (χ0) is 9.35. The monoisotopic (exact) mass is 248 g/mol. The summed E-state index contributed by atoms with van der Waals surface area (Å²) >= 11 is 9.14. The van der Waals surface area contributed by atoms with E-state index in [2.05, 4.69) is 15.9 Å². The quantitative estimate of drug-likeness (QED) is 0.809. The molecule has 1 aromatic carbocycles. The summed E-state index contributed by atoms with van der Waals surface area (Å²) in [6.07, 6.45) is 0. The van der Waals surface area contributed by atoms with E-state index in [4.69, 9.17) is 11.6 Å². The van der Waals surface area contributed by atoms with Gasteiger partial charge >= 0.3 is 0 Å². The van der Waals surface area contributed by atoms with E-state index >= 15 is 0 Å². The molecule has 0 atom stereocenters. The highest BCUT2D eigenvalue weighted by atomic mass is 79.9. The van der Waals surface area contributed by atoms with Crippen LogP contribution in [-0.4, -0.2) is 5.11 Å². The molecule has 0 radical (unpaired) electrons. The fourth-order valence-corrected chi connectivity index (χ4v) is 1.30. The summed E-state index contributed by atoms with van der Waals surface area (Å²) in [6, 6.07) is 5.43. The predicted octanol–water partition coefficient (Wildman–Crippen LogP) is 3.33. The van der Waals surface area contributed by atoms with Crippen LogP contribution in [0.1, 0.15) is 19.4 Å². The van der Waals surface area contributed by atoms with Gasteiger partial charge in [0, 0.05) is 4.47 Å². The number of aliphatic hydroxyl groups is 1. The molecule has 1 aromatic rings. The fourth-order valence-electron chi connectivity index (χ4n) is 0.877. The third-order valence-electron chi connectivity index (χ3n) is 1.63. The minimum Gasteiger partial charge on any atom is -0.386 e. The van der Waals surface area contributed by atoms with Crippen LogP contribution >= 0.6 is 27.5 Å². The Morgan fingerprint density at radius 3 is 2.42 bits per heavy atom. The van der Waals surface area contributed by atoms with Crippen molar-refractivity contribution in [2.24, 2.45) is 0 Å². The number of benzene rings is 1. The second kappa shape index (κ2) is 3.36. The van der Waals surface area contributed by atoms with Crippen LogP contribution in [0.4, 0.5) is 0 Å². The van der Waals surface area contributed by atoms with Crippen molar-refractivity contribution in [2.75, 3.05) is 0 Å². The van der Waals surface area contributed by atoms with E-state index in [9.17, 15) is 5.11 Å². The lowest BCUT2D eigenvalue weighted by Crippen LogP contribution is -2.15. The Hall–Kier alpha value is -0.0500. The number of rotatable bonds is 1. The Morgan fingerprint density at radius 1 is 1.42 bits per heavy atom. The lowest BCUT2D eigenvalue weighted by atomic mass is 9.99. The Balaban J connectivity index is 3.14. The summed E-state index contributed by atoms with van der Waals surface area (Å²) < 4.78 is 0.845. The van der Waals surface area contributed by atoms with Gasteiger partial charge in [-0.15, -0.1) is 0 Å². The molecule has 66 valence electrons. The topological polar surface area (TPSA) is 20.2 Å². The molecule has 0 heterocycles. The molecule has 1 rings (SSSR count). The number of hydrogen-bond donors (Lipinski definition) is 1. The SMILES string of the molecule is CC(C)(O)c1ccc(Br)c(Cl)c1. The third kappa shape index (κ3) is 2.22. The van der Waals surface area contributed by atoms with Gasteiger partial charge in [0.2, 0.25) is 0 Å². The average molecular weight is 250 g/mol. The van der Waals surface area contributed by atoms with Crippen LogP contribution in [0.3, 0.4) is 0 Å². The van der Waals surface area contributed by atoms with Crippen molar-refractivity contribution in [3.8, 4) is 0 Å². The van der Waals surface area contributed by atoms with Crippen LogP contribution in [0.15, 0.2) is 22.7 Å². The molecule has 0 aliphatic carbocycles. The Kier molecular flexibility index (Phi) is 2.81. The summed E-state index contributed by atoms with van der Waals surface area (Å²) in [6.45, 7) is 3.46. The first kappa shape index (κ1) is 10.0. The zero-order valence-corrected chi connectivity index (χ0v) is 9.28. The highest BCUT2D eigenvalue weighted by molar-refractivity contribution is 9.10. The molecule has 0 aromatic heterocycles. The van der Waals surface area contributed by atoms with E-state index in [1.54, 1.807) is 19.9 Å². The van der Waals surface area contributed by atoms with E-state index < -0.39 is 5.60 Å². The molecule has 1 N–H and O–H groups in total. The van der Waals surface area contributed by atoms with Crippen LogP contribution in [0, 0.1) is 0 Å². The maximum absolute atomic E-state index is 9.63. The molecule has 0 aliphatic heterocycles. The van der Waals surface area contributed by atoms with Gasteiger partial charge in [-0.05, 0) is 47.5 Å². The van der Waals surface area contributed by atoms with Gasteiger partial charge in [0.25, 0.3) is 0 Å². The molecular formula is C9H10BrClO. The molecule has 0 saturated heterocycles. The van der Waals surface area contributed by atoms with Gasteiger partial charge in [-0.2, -0.15) is 0 Å². The third-order valence-corrected chi connectivity index (χ3v) is 2.86. The smallest absolute Gasteiger partial charge is 0.0841 e. The van der Waals surface area contributed by atoms with E-state index in [1.807, 2.05) is 12.1 Å². The van der Waals surface area contributed by atoms with Gasteiger partial charge in [-0.1, -0.05) is 17.7 Å². The van der Waals surface area contributed by atoms with Crippen molar-refractivity contribution >= 4 is 27.5 Å². The number of halogens is 2. The second-order valence-electron chi connectivity index (χ2n) is 3.19. The number of hydrogen-bond acceptors (Lipinski definition) is 1. The lowest BCUT2D eigenvalue weighted by Gasteiger charge is -2.17. The molecule has 0 aliphatic rings. The first-order chi connectivity index (χ1) is 5.41. The van der Waals surface area contributed by atoms with Crippen LogP contribution < -0.4 is 0 Å². The minimum atomic E-state index is -0.829. The van der Waals surface area contributed by atoms with Gasteiger partial charge in [-0.25, -0.2) is 0 Å². The molecule has 3 heteroatoms. The molecule has 1 nitrogen and oxygen atoms in total. The summed E-state index contributed by atoms with van der Waals surface area (Å²) in [5.41, 5.74) is -0.0136. The molecule has 0 spiro atoms.